The van der Waals surface area contributed by atoms with E-state index in [9.17, 15) is 9.59 Å². The van der Waals surface area contributed by atoms with Crippen LogP contribution in [0.1, 0.15) is 29.3 Å². The van der Waals surface area contributed by atoms with Crippen molar-refractivity contribution in [1.82, 2.24) is 15.4 Å². The van der Waals surface area contributed by atoms with Crippen LogP contribution in [0.3, 0.4) is 0 Å². The van der Waals surface area contributed by atoms with Gasteiger partial charge in [-0.2, -0.15) is 0 Å². The van der Waals surface area contributed by atoms with Crippen LogP contribution in [0.15, 0.2) is 67.0 Å². The molecule has 3 rings (SSSR count). The molecule has 0 aliphatic heterocycles. The van der Waals surface area contributed by atoms with Crippen LogP contribution in [0.5, 0.6) is 11.5 Å². The molecule has 30 heavy (non-hydrogen) atoms. The summed E-state index contributed by atoms with van der Waals surface area (Å²) in [4.78, 5) is 24.5. The lowest BCUT2D eigenvalue weighted by Gasteiger charge is -2.12. The minimum Gasteiger partial charge on any atom is -0.493 e. The number of benzene rings is 2. The number of aromatic nitrogens is 1. The molecule has 0 atom stereocenters. The Hall–Kier alpha value is -3.74. The van der Waals surface area contributed by atoms with Crippen LogP contribution in [0.4, 0.5) is 0 Å². The molecule has 0 bridgehead atoms. The molecule has 1 heterocycles. The molecule has 0 saturated carbocycles. The lowest BCUT2D eigenvalue weighted by Crippen LogP contribution is -2.42. The van der Waals surface area contributed by atoms with E-state index in [2.05, 4.69) is 10.9 Å². The van der Waals surface area contributed by atoms with E-state index in [-0.39, 0.29) is 12.3 Å². The highest BCUT2D eigenvalue weighted by Gasteiger charge is 2.12. The molecule has 0 unspecified atom stereocenters. The van der Waals surface area contributed by atoms with E-state index in [4.69, 9.17) is 9.47 Å². The number of hydrogen-bond acceptors (Lipinski definition) is 4. The van der Waals surface area contributed by atoms with Gasteiger partial charge >= 0.3 is 0 Å². The highest BCUT2D eigenvalue weighted by atomic mass is 16.5. The van der Waals surface area contributed by atoms with Gasteiger partial charge in [0.25, 0.3) is 5.91 Å². The number of rotatable bonds is 8. The van der Waals surface area contributed by atoms with Crippen molar-refractivity contribution in [3.05, 3.63) is 78.1 Å². The highest BCUT2D eigenvalue weighted by Crippen LogP contribution is 2.28. The minimum atomic E-state index is -0.438. The molecule has 0 aliphatic rings. The van der Waals surface area contributed by atoms with Crippen molar-refractivity contribution in [3.8, 4) is 17.2 Å². The van der Waals surface area contributed by atoms with E-state index in [1.807, 2.05) is 60.3 Å². The standard InChI is InChI=1S/C23H25N3O4/c1-3-14-30-20-11-8-18(16-21(20)29-2)23(28)25-24-22(27)15-17-6-9-19(10-7-17)26-12-4-5-13-26/h4-13,16H,3,14-15H2,1-2H3,(H,24,27)(H,25,28). The van der Waals surface area contributed by atoms with Crippen molar-refractivity contribution in [3.63, 3.8) is 0 Å². The average Bonchev–Trinajstić information content (AvgIpc) is 3.31. The molecule has 2 amide bonds. The van der Waals surface area contributed by atoms with Crippen molar-refractivity contribution in [2.45, 2.75) is 19.8 Å². The van der Waals surface area contributed by atoms with Crippen molar-refractivity contribution in [2.24, 2.45) is 0 Å². The van der Waals surface area contributed by atoms with Crippen LogP contribution in [0, 0.1) is 0 Å². The molecule has 1 aromatic heterocycles. The number of carbonyl (C=O) groups excluding carboxylic acids is 2. The third-order valence-electron chi connectivity index (χ3n) is 4.41. The topological polar surface area (TPSA) is 81.6 Å². The molecule has 3 aromatic rings. The van der Waals surface area contributed by atoms with Gasteiger partial charge in [-0.05, 0) is 54.4 Å². The molecule has 7 heteroatoms. The maximum Gasteiger partial charge on any atom is 0.269 e. The number of hydrogen-bond donors (Lipinski definition) is 2. The number of hydrazine groups is 1. The van der Waals surface area contributed by atoms with Crippen molar-refractivity contribution < 1.29 is 19.1 Å². The number of carbonyl (C=O) groups is 2. The number of nitrogens with one attached hydrogen (secondary N) is 2. The zero-order valence-electron chi connectivity index (χ0n) is 17.1. The maximum absolute atomic E-state index is 12.3. The molecule has 0 radical (unpaired) electrons. The summed E-state index contributed by atoms with van der Waals surface area (Å²) in [6.45, 7) is 2.57. The smallest absolute Gasteiger partial charge is 0.269 e. The second-order valence-corrected chi connectivity index (χ2v) is 6.65. The first-order chi connectivity index (χ1) is 14.6. The van der Waals surface area contributed by atoms with Gasteiger partial charge in [-0.15, -0.1) is 0 Å². The molecule has 0 saturated heterocycles. The Bertz CT molecular complexity index is 982. The molecule has 0 fully saturated rings. The third kappa shape index (κ3) is 5.41. The fourth-order valence-corrected chi connectivity index (χ4v) is 2.86. The summed E-state index contributed by atoms with van der Waals surface area (Å²) in [5, 5.41) is 0. The average molecular weight is 407 g/mol. The first kappa shape index (κ1) is 21.0. The molecular weight excluding hydrogens is 382 g/mol. The van der Waals surface area contributed by atoms with Gasteiger partial charge in [-0.3, -0.25) is 20.4 Å². The van der Waals surface area contributed by atoms with E-state index in [0.29, 0.717) is 23.7 Å². The van der Waals surface area contributed by atoms with Crippen LogP contribution < -0.4 is 20.3 Å². The SMILES string of the molecule is CCCOc1ccc(C(=O)NNC(=O)Cc2ccc(-n3cccc3)cc2)cc1OC. The summed E-state index contributed by atoms with van der Waals surface area (Å²) in [6.07, 6.45) is 4.93. The van der Waals surface area contributed by atoms with Crippen molar-refractivity contribution >= 4 is 11.8 Å². The lowest BCUT2D eigenvalue weighted by atomic mass is 10.1. The maximum atomic E-state index is 12.3. The summed E-state index contributed by atoms with van der Waals surface area (Å²) in [6, 6.07) is 16.4. The van der Waals surface area contributed by atoms with Crippen LogP contribution in [0.25, 0.3) is 5.69 Å². The Morgan fingerprint density at radius 3 is 2.37 bits per heavy atom. The predicted octanol–water partition coefficient (Wildman–Crippen LogP) is 3.28. The predicted molar refractivity (Wildman–Crippen MR) is 114 cm³/mol. The molecule has 156 valence electrons. The zero-order valence-corrected chi connectivity index (χ0v) is 17.1. The van der Waals surface area contributed by atoms with Crippen LogP contribution in [-0.2, 0) is 11.2 Å². The fourth-order valence-electron chi connectivity index (χ4n) is 2.86. The summed E-state index contributed by atoms with van der Waals surface area (Å²) in [5.74, 6) is 0.284. The quantitative estimate of drug-likeness (QED) is 0.562. The second-order valence-electron chi connectivity index (χ2n) is 6.65. The van der Waals surface area contributed by atoms with E-state index < -0.39 is 5.91 Å². The lowest BCUT2D eigenvalue weighted by molar-refractivity contribution is -0.121. The molecular formula is C23H25N3O4. The number of amides is 2. The minimum absolute atomic E-state index is 0.152. The third-order valence-corrected chi connectivity index (χ3v) is 4.41. The summed E-state index contributed by atoms with van der Waals surface area (Å²) >= 11 is 0. The molecule has 0 spiro atoms. The van der Waals surface area contributed by atoms with Gasteiger partial charge < -0.3 is 14.0 Å². The Kier molecular flexibility index (Phi) is 7.10. The van der Waals surface area contributed by atoms with Crippen molar-refractivity contribution in [2.75, 3.05) is 13.7 Å². The van der Waals surface area contributed by atoms with Crippen LogP contribution >= 0.6 is 0 Å². The van der Waals surface area contributed by atoms with Gasteiger partial charge in [-0.1, -0.05) is 19.1 Å². The monoisotopic (exact) mass is 407 g/mol. The molecule has 0 aliphatic carbocycles. The summed E-state index contributed by atoms with van der Waals surface area (Å²) < 4.78 is 12.8. The number of ether oxygens (including phenoxy) is 2. The van der Waals surface area contributed by atoms with E-state index in [1.54, 1.807) is 18.2 Å². The van der Waals surface area contributed by atoms with Gasteiger partial charge in [0, 0.05) is 23.6 Å². The first-order valence-corrected chi connectivity index (χ1v) is 9.73. The normalized spacial score (nSPS) is 10.3. The van der Waals surface area contributed by atoms with Crippen LogP contribution in [0.2, 0.25) is 0 Å². The fraction of sp³-hybridized carbons (Fsp3) is 0.217. The van der Waals surface area contributed by atoms with Gasteiger partial charge in [-0.25, -0.2) is 0 Å². The van der Waals surface area contributed by atoms with E-state index in [0.717, 1.165) is 17.7 Å². The van der Waals surface area contributed by atoms with Gasteiger partial charge in [0.15, 0.2) is 11.5 Å². The Labute approximate surface area is 175 Å². The molecule has 2 N–H and O–H groups in total. The highest BCUT2D eigenvalue weighted by molar-refractivity contribution is 5.96. The number of nitrogens with zero attached hydrogens (tertiary/aromatic N) is 1. The first-order valence-electron chi connectivity index (χ1n) is 9.73. The van der Waals surface area contributed by atoms with Gasteiger partial charge in [0.2, 0.25) is 5.91 Å². The van der Waals surface area contributed by atoms with Crippen molar-refractivity contribution in [1.29, 1.82) is 0 Å². The Balaban J connectivity index is 1.53. The molecule has 2 aromatic carbocycles. The second kappa shape index (κ2) is 10.2. The Morgan fingerprint density at radius 1 is 0.967 bits per heavy atom. The van der Waals surface area contributed by atoms with Gasteiger partial charge in [0.05, 0.1) is 20.1 Å². The number of methoxy groups -OCH3 is 1. The zero-order chi connectivity index (χ0) is 21.3. The Morgan fingerprint density at radius 2 is 1.70 bits per heavy atom. The largest absolute Gasteiger partial charge is 0.493 e. The van der Waals surface area contributed by atoms with E-state index >= 15 is 0 Å². The summed E-state index contributed by atoms with van der Waals surface area (Å²) in [5.41, 5.74) is 7.08. The van der Waals surface area contributed by atoms with Gasteiger partial charge in [0.1, 0.15) is 0 Å². The van der Waals surface area contributed by atoms with E-state index in [1.165, 1.54) is 7.11 Å². The van der Waals surface area contributed by atoms with Crippen LogP contribution in [-0.4, -0.2) is 30.1 Å². The summed E-state index contributed by atoms with van der Waals surface area (Å²) in [7, 11) is 1.51. The molecule has 7 nitrogen and oxygen atoms in total.